The van der Waals surface area contributed by atoms with Crippen molar-refractivity contribution in [3.8, 4) is 0 Å². The van der Waals surface area contributed by atoms with Crippen molar-refractivity contribution in [3.63, 3.8) is 0 Å². The van der Waals surface area contributed by atoms with Crippen LogP contribution in [0.2, 0.25) is 0 Å². The number of nitrogens with zero attached hydrogens (tertiary/aromatic N) is 8. The molecule has 5 aliphatic rings. The van der Waals surface area contributed by atoms with Crippen molar-refractivity contribution in [1.29, 1.82) is 0 Å². The van der Waals surface area contributed by atoms with Crippen LogP contribution in [-0.4, -0.2) is 125 Å². The Balaban J connectivity index is 0.849. The Morgan fingerprint density at radius 2 is 1.67 bits per heavy atom. The highest BCUT2D eigenvalue weighted by molar-refractivity contribution is 6.22. The van der Waals surface area contributed by atoms with Gasteiger partial charge >= 0.3 is 0 Å². The van der Waals surface area contributed by atoms with E-state index in [0.717, 1.165) is 82.1 Å². The summed E-state index contributed by atoms with van der Waals surface area (Å²) in [6.07, 6.45) is 3.23. The molecule has 17 heteroatoms. The number of nitrogens with one attached hydrogen (secondary N) is 2. The Bertz CT molecular complexity index is 1970. The van der Waals surface area contributed by atoms with Gasteiger partial charge in [-0.3, -0.25) is 29.0 Å². The Morgan fingerprint density at radius 3 is 2.41 bits per heavy atom. The molecule has 284 valence electrons. The minimum absolute atomic E-state index is 0.109. The molecule has 3 aromatic rings. The van der Waals surface area contributed by atoms with E-state index in [0.29, 0.717) is 47.5 Å². The Kier molecular flexibility index (Phi) is 9.74. The molecule has 2 aromatic carbocycles. The molecule has 1 aromatic heterocycles. The van der Waals surface area contributed by atoms with E-state index in [1.165, 1.54) is 6.07 Å². The standard InChI is InChI=1S/C37H44FN11O5/c38-27-18-23(40-33-31(32(39)51)43-44-37(42-33)47-11-2-1-3-12-47)4-7-28(27)46-16-14-45(15-17-46)20-22-10-13-48(21-22)24-5-6-25-26(19-24)36(54)49(35(25)53)29-8-9-30(50)41-34(29)52/h4-7,18-19,22,29,34,52H,1-3,8-17,20-21H2,(H2,39,51)(H,41,50)(H,40,42,44). The number of amides is 4. The third-order valence-corrected chi connectivity index (χ3v) is 11.2. The molecule has 8 rings (SSSR count). The lowest BCUT2D eigenvalue weighted by molar-refractivity contribution is -0.129. The second kappa shape index (κ2) is 14.8. The lowest BCUT2D eigenvalue weighted by Gasteiger charge is -2.37. The third-order valence-electron chi connectivity index (χ3n) is 11.2. The maximum atomic E-state index is 15.6. The first kappa shape index (κ1) is 35.6. The Labute approximate surface area is 311 Å². The van der Waals surface area contributed by atoms with Crippen LogP contribution >= 0.6 is 0 Å². The number of primary amides is 1. The minimum atomic E-state index is -1.29. The molecule has 6 heterocycles. The molecule has 3 unspecified atom stereocenters. The van der Waals surface area contributed by atoms with Crippen molar-refractivity contribution in [2.45, 2.75) is 50.8 Å². The van der Waals surface area contributed by atoms with Gasteiger partial charge in [-0.05, 0) is 74.4 Å². The van der Waals surface area contributed by atoms with Crippen LogP contribution in [0.1, 0.15) is 69.7 Å². The molecule has 4 saturated heterocycles. The number of halogens is 1. The number of piperazine rings is 1. The van der Waals surface area contributed by atoms with Crippen molar-refractivity contribution in [2.75, 3.05) is 78.9 Å². The van der Waals surface area contributed by atoms with E-state index in [-0.39, 0.29) is 30.3 Å². The van der Waals surface area contributed by atoms with Gasteiger partial charge in [0, 0.05) is 76.7 Å². The molecule has 4 fully saturated rings. The van der Waals surface area contributed by atoms with Crippen LogP contribution in [0.3, 0.4) is 0 Å². The summed E-state index contributed by atoms with van der Waals surface area (Å²) in [4.78, 5) is 64.6. The fourth-order valence-corrected chi connectivity index (χ4v) is 8.31. The number of piperidine rings is 2. The van der Waals surface area contributed by atoms with E-state index >= 15 is 4.39 Å². The molecular weight excluding hydrogens is 697 g/mol. The Hall–Kier alpha value is -5.42. The van der Waals surface area contributed by atoms with Crippen LogP contribution in [0, 0.1) is 11.7 Å². The molecule has 54 heavy (non-hydrogen) atoms. The van der Waals surface area contributed by atoms with Crippen molar-refractivity contribution in [2.24, 2.45) is 11.7 Å². The number of imide groups is 1. The van der Waals surface area contributed by atoms with E-state index < -0.39 is 35.8 Å². The van der Waals surface area contributed by atoms with Crippen LogP contribution in [0.4, 0.5) is 33.2 Å². The number of nitrogens with two attached hydrogens (primary N) is 1. The van der Waals surface area contributed by atoms with E-state index in [9.17, 15) is 24.3 Å². The molecule has 5 N–H and O–H groups in total. The van der Waals surface area contributed by atoms with E-state index in [1.54, 1.807) is 24.3 Å². The van der Waals surface area contributed by atoms with Gasteiger partial charge in [-0.25, -0.2) is 4.39 Å². The number of hydrogen-bond donors (Lipinski definition) is 4. The molecule has 3 atom stereocenters. The molecule has 0 saturated carbocycles. The molecule has 0 aliphatic carbocycles. The second-order valence-electron chi connectivity index (χ2n) is 14.7. The molecule has 16 nitrogen and oxygen atoms in total. The number of aliphatic hydroxyl groups is 1. The van der Waals surface area contributed by atoms with Gasteiger partial charge in [0.25, 0.3) is 17.7 Å². The lowest BCUT2D eigenvalue weighted by atomic mass is 10.0. The summed E-state index contributed by atoms with van der Waals surface area (Å²) in [6.45, 7) is 7.01. The first-order valence-corrected chi connectivity index (χ1v) is 18.7. The highest BCUT2D eigenvalue weighted by atomic mass is 19.1. The maximum Gasteiger partial charge on any atom is 0.273 e. The summed E-state index contributed by atoms with van der Waals surface area (Å²) in [5.41, 5.74) is 7.86. The molecule has 0 bridgehead atoms. The fraction of sp³-hybridized carbons (Fsp3) is 0.486. The van der Waals surface area contributed by atoms with Crippen molar-refractivity contribution in [3.05, 3.63) is 59.0 Å². The predicted octanol–water partition coefficient (Wildman–Crippen LogP) is 1.69. The zero-order chi connectivity index (χ0) is 37.5. The number of aliphatic hydroxyl groups excluding tert-OH is 1. The number of aromatic nitrogens is 3. The second-order valence-corrected chi connectivity index (χ2v) is 14.7. The van der Waals surface area contributed by atoms with Crippen molar-refractivity contribution < 1.29 is 28.7 Å². The normalized spacial score (nSPS) is 23.5. The van der Waals surface area contributed by atoms with Gasteiger partial charge in [0.15, 0.2) is 11.5 Å². The van der Waals surface area contributed by atoms with Crippen molar-refractivity contribution in [1.82, 2.24) is 30.3 Å². The number of benzene rings is 2. The molecule has 4 amide bonds. The molecule has 5 aliphatic heterocycles. The smallest absolute Gasteiger partial charge is 0.273 e. The summed E-state index contributed by atoms with van der Waals surface area (Å²) in [7, 11) is 0. The summed E-state index contributed by atoms with van der Waals surface area (Å²) in [5, 5.41) is 24.0. The largest absolute Gasteiger partial charge is 0.372 e. The molecule has 0 radical (unpaired) electrons. The van der Waals surface area contributed by atoms with Gasteiger partial charge in [0.1, 0.15) is 12.0 Å². The van der Waals surface area contributed by atoms with E-state index in [2.05, 4.69) is 35.6 Å². The SMILES string of the molecule is NC(=O)c1nnc(N2CCCCC2)nc1Nc1ccc(N2CCN(CC3CCN(c4ccc5c(c4)C(=O)N(C4CCC(=O)NC4O)C5=O)C3)CC2)c(F)c1. The zero-order valence-corrected chi connectivity index (χ0v) is 29.9. The summed E-state index contributed by atoms with van der Waals surface area (Å²) < 4.78 is 15.6. The predicted molar refractivity (Wildman–Crippen MR) is 197 cm³/mol. The van der Waals surface area contributed by atoms with Crippen molar-refractivity contribution >= 4 is 52.5 Å². The van der Waals surface area contributed by atoms with Gasteiger partial charge in [0.05, 0.1) is 22.9 Å². The monoisotopic (exact) mass is 741 g/mol. The first-order valence-electron chi connectivity index (χ1n) is 18.7. The van der Waals surface area contributed by atoms with Gasteiger partial charge in [0.2, 0.25) is 11.9 Å². The fourth-order valence-electron chi connectivity index (χ4n) is 8.31. The quantitative estimate of drug-likeness (QED) is 0.232. The van der Waals surface area contributed by atoms with Crippen LogP contribution in [0.5, 0.6) is 0 Å². The number of anilines is 5. The van der Waals surface area contributed by atoms with Crippen LogP contribution < -0.4 is 31.1 Å². The summed E-state index contributed by atoms with van der Waals surface area (Å²) in [6, 6.07) is 9.41. The number of fused-ring (bicyclic) bond motifs is 1. The zero-order valence-electron chi connectivity index (χ0n) is 29.9. The van der Waals surface area contributed by atoms with Crippen LogP contribution in [0.15, 0.2) is 36.4 Å². The maximum absolute atomic E-state index is 15.6. The molecule has 0 spiro atoms. The summed E-state index contributed by atoms with van der Waals surface area (Å²) in [5.74, 6) is -1.42. The number of hydrogen-bond acceptors (Lipinski definition) is 13. The van der Waals surface area contributed by atoms with Crippen LogP contribution in [0.25, 0.3) is 0 Å². The van der Waals surface area contributed by atoms with E-state index in [4.69, 9.17) is 5.73 Å². The van der Waals surface area contributed by atoms with Gasteiger partial charge < -0.3 is 36.2 Å². The topological polar surface area (TPSA) is 193 Å². The molecular formula is C37H44FN11O5. The average Bonchev–Trinajstić information content (AvgIpc) is 3.73. The van der Waals surface area contributed by atoms with Gasteiger partial charge in [-0.15, -0.1) is 10.2 Å². The van der Waals surface area contributed by atoms with Gasteiger partial charge in [-0.1, -0.05) is 0 Å². The Morgan fingerprint density at radius 1 is 0.889 bits per heavy atom. The lowest BCUT2D eigenvalue weighted by Crippen LogP contribution is -2.57. The minimum Gasteiger partial charge on any atom is -0.372 e. The number of carbonyl (C=O) groups is 4. The average molecular weight is 742 g/mol. The number of carbonyl (C=O) groups excluding carboxylic acids is 4. The highest BCUT2D eigenvalue weighted by Crippen LogP contribution is 2.34. The first-order chi connectivity index (χ1) is 26.1. The highest BCUT2D eigenvalue weighted by Gasteiger charge is 2.44. The van der Waals surface area contributed by atoms with Crippen LogP contribution in [-0.2, 0) is 4.79 Å². The third kappa shape index (κ3) is 7.00. The number of rotatable bonds is 9. The van der Waals surface area contributed by atoms with Gasteiger partial charge in [-0.2, -0.15) is 4.98 Å². The summed E-state index contributed by atoms with van der Waals surface area (Å²) >= 11 is 0. The van der Waals surface area contributed by atoms with E-state index in [1.807, 2.05) is 15.9 Å².